The first-order valence-corrected chi connectivity index (χ1v) is 5.90. The lowest BCUT2D eigenvalue weighted by molar-refractivity contribution is 0.0685. The first-order chi connectivity index (χ1) is 7.70. The third kappa shape index (κ3) is 2.26. The molecule has 4 heteroatoms. The third-order valence-electron chi connectivity index (χ3n) is 3.57. The van der Waals surface area contributed by atoms with Crippen LogP contribution >= 0.6 is 0 Å². The Balaban J connectivity index is 2.00. The quantitative estimate of drug-likeness (QED) is 0.855. The molecule has 0 aromatic carbocycles. The molecule has 16 heavy (non-hydrogen) atoms. The summed E-state index contributed by atoms with van der Waals surface area (Å²) in [5.41, 5.74) is 0.0209. The van der Waals surface area contributed by atoms with Crippen LogP contribution in [0.3, 0.4) is 0 Å². The SMILES string of the molecule is CCC1CCC(c2cc(C(=O)O)no2)CC1. The monoisotopic (exact) mass is 223 g/mol. The van der Waals surface area contributed by atoms with Crippen molar-refractivity contribution in [2.24, 2.45) is 5.92 Å². The minimum absolute atomic E-state index is 0.0209. The number of hydrogen-bond acceptors (Lipinski definition) is 3. The Morgan fingerprint density at radius 3 is 2.69 bits per heavy atom. The smallest absolute Gasteiger partial charge is 0.358 e. The molecule has 1 aromatic rings. The Morgan fingerprint density at radius 1 is 1.50 bits per heavy atom. The van der Waals surface area contributed by atoms with E-state index in [4.69, 9.17) is 9.63 Å². The average molecular weight is 223 g/mol. The second-order valence-electron chi connectivity index (χ2n) is 4.55. The molecule has 0 amide bonds. The summed E-state index contributed by atoms with van der Waals surface area (Å²) in [5.74, 6) is 0.922. The van der Waals surface area contributed by atoms with Gasteiger partial charge < -0.3 is 9.63 Å². The second-order valence-corrected chi connectivity index (χ2v) is 4.55. The molecule has 88 valence electrons. The Kier molecular flexibility index (Phi) is 3.27. The molecular weight excluding hydrogens is 206 g/mol. The molecule has 0 bridgehead atoms. The highest BCUT2D eigenvalue weighted by Gasteiger charge is 2.25. The fraction of sp³-hybridized carbons (Fsp3) is 0.667. The van der Waals surface area contributed by atoms with Gasteiger partial charge >= 0.3 is 5.97 Å². The number of aromatic nitrogens is 1. The van der Waals surface area contributed by atoms with E-state index < -0.39 is 5.97 Å². The van der Waals surface area contributed by atoms with Crippen molar-refractivity contribution in [1.82, 2.24) is 5.16 Å². The highest BCUT2D eigenvalue weighted by Crippen LogP contribution is 2.36. The Hall–Kier alpha value is -1.32. The molecule has 1 aliphatic rings. The van der Waals surface area contributed by atoms with Crippen molar-refractivity contribution in [3.8, 4) is 0 Å². The van der Waals surface area contributed by atoms with E-state index in [1.165, 1.54) is 19.3 Å². The summed E-state index contributed by atoms with van der Waals surface area (Å²) in [4.78, 5) is 10.7. The lowest BCUT2D eigenvalue weighted by Gasteiger charge is -2.25. The van der Waals surface area contributed by atoms with Gasteiger partial charge in [-0.05, 0) is 31.6 Å². The molecule has 2 rings (SSSR count). The topological polar surface area (TPSA) is 63.3 Å². The summed E-state index contributed by atoms with van der Waals surface area (Å²) in [5, 5.41) is 12.3. The molecule has 1 fully saturated rings. The number of carboxylic acids is 1. The van der Waals surface area contributed by atoms with E-state index in [-0.39, 0.29) is 5.69 Å². The van der Waals surface area contributed by atoms with Gasteiger partial charge in [0.05, 0.1) is 0 Å². The van der Waals surface area contributed by atoms with Crippen LogP contribution in [0.25, 0.3) is 0 Å². The summed E-state index contributed by atoms with van der Waals surface area (Å²) in [6, 6.07) is 1.57. The molecule has 1 aliphatic carbocycles. The van der Waals surface area contributed by atoms with Gasteiger partial charge in [-0.2, -0.15) is 0 Å². The molecule has 0 spiro atoms. The van der Waals surface area contributed by atoms with Gasteiger partial charge in [-0.15, -0.1) is 0 Å². The fourth-order valence-corrected chi connectivity index (χ4v) is 2.44. The highest BCUT2D eigenvalue weighted by molar-refractivity contribution is 5.85. The molecule has 0 radical (unpaired) electrons. The Morgan fingerprint density at radius 2 is 2.19 bits per heavy atom. The van der Waals surface area contributed by atoms with Crippen molar-refractivity contribution in [1.29, 1.82) is 0 Å². The van der Waals surface area contributed by atoms with E-state index >= 15 is 0 Å². The maximum absolute atomic E-state index is 10.7. The van der Waals surface area contributed by atoms with Gasteiger partial charge in [-0.3, -0.25) is 0 Å². The minimum atomic E-state index is -1.02. The second kappa shape index (κ2) is 4.68. The van der Waals surface area contributed by atoms with E-state index in [1.54, 1.807) is 6.07 Å². The average Bonchev–Trinajstić information content (AvgIpc) is 2.78. The van der Waals surface area contributed by atoms with Crippen molar-refractivity contribution < 1.29 is 14.4 Å². The predicted molar refractivity (Wildman–Crippen MR) is 58.5 cm³/mol. The highest BCUT2D eigenvalue weighted by atomic mass is 16.5. The number of nitrogens with zero attached hydrogens (tertiary/aromatic N) is 1. The summed E-state index contributed by atoms with van der Waals surface area (Å²) in [7, 11) is 0. The standard InChI is InChI=1S/C12H17NO3/c1-2-8-3-5-9(6-4-8)11-7-10(12(14)15)13-16-11/h7-9H,2-6H2,1H3,(H,14,15). The summed E-state index contributed by atoms with van der Waals surface area (Å²) >= 11 is 0. The van der Waals surface area contributed by atoms with Gasteiger partial charge in [0.2, 0.25) is 0 Å². The van der Waals surface area contributed by atoms with Crippen LogP contribution in [0.4, 0.5) is 0 Å². The number of carboxylic acid groups (broad SMARTS) is 1. The van der Waals surface area contributed by atoms with Crippen molar-refractivity contribution in [3.63, 3.8) is 0 Å². The number of rotatable bonds is 3. The van der Waals surface area contributed by atoms with Crippen LogP contribution in [0.1, 0.15) is 61.2 Å². The van der Waals surface area contributed by atoms with Crippen LogP contribution in [-0.4, -0.2) is 16.2 Å². The summed E-state index contributed by atoms with van der Waals surface area (Å²) in [6.07, 6.45) is 5.84. The van der Waals surface area contributed by atoms with Gasteiger partial charge in [-0.25, -0.2) is 4.79 Å². The van der Waals surface area contributed by atoms with E-state index in [0.717, 1.165) is 24.5 Å². The van der Waals surface area contributed by atoms with Crippen LogP contribution < -0.4 is 0 Å². The van der Waals surface area contributed by atoms with Crippen LogP contribution in [0.15, 0.2) is 10.6 Å². The van der Waals surface area contributed by atoms with E-state index in [2.05, 4.69) is 12.1 Å². The van der Waals surface area contributed by atoms with E-state index in [1.807, 2.05) is 0 Å². The van der Waals surface area contributed by atoms with Gasteiger partial charge in [0.25, 0.3) is 0 Å². The number of carbonyl (C=O) groups is 1. The fourth-order valence-electron chi connectivity index (χ4n) is 2.44. The maximum atomic E-state index is 10.7. The lowest BCUT2D eigenvalue weighted by atomic mass is 9.80. The van der Waals surface area contributed by atoms with Gasteiger partial charge in [0, 0.05) is 12.0 Å². The largest absolute Gasteiger partial charge is 0.476 e. The zero-order valence-electron chi connectivity index (χ0n) is 9.48. The molecule has 1 aromatic heterocycles. The molecule has 1 heterocycles. The minimum Gasteiger partial charge on any atom is -0.476 e. The molecule has 1 N–H and O–H groups in total. The van der Waals surface area contributed by atoms with Gasteiger partial charge in [0.1, 0.15) is 5.76 Å². The molecule has 0 saturated heterocycles. The van der Waals surface area contributed by atoms with Crippen molar-refractivity contribution in [3.05, 3.63) is 17.5 Å². The first-order valence-electron chi connectivity index (χ1n) is 5.90. The Labute approximate surface area is 94.6 Å². The van der Waals surface area contributed by atoms with Crippen LogP contribution in [0.2, 0.25) is 0 Å². The molecule has 1 saturated carbocycles. The number of hydrogen-bond donors (Lipinski definition) is 1. The van der Waals surface area contributed by atoms with Crippen molar-refractivity contribution in [2.45, 2.75) is 44.9 Å². The summed E-state index contributed by atoms with van der Waals surface area (Å²) in [6.45, 7) is 2.22. The van der Waals surface area contributed by atoms with Gasteiger partial charge in [-0.1, -0.05) is 18.5 Å². The maximum Gasteiger partial charge on any atom is 0.358 e. The van der Waals surface area contributed by atoms with Gasteiger partial charge in [0.15, 0.2) is 5.69 Å². The van der Waals surface area contributed by atoms with Crippen LogP contribution in [-0.2, 0) is 0 Å². The summed E-state index contributed by atoms with van der Waals surface area (Å²) < 4.78 is 5.10. The van der Waals surface area contributed by atoms with Crippen molar-refractivity contribution >= 4 is 5.97 Å². The van der Waals surface area contributed by atoms with Crippen molar-refractivity contribution in [2.75, 3.05) is 0 Å². The first kappa shape index (κ1) is 11.2. The third-order valence-corrected chi connectivity index (χ3v) is 3.57. The molecule has 0 unspecified atom stereocenters. The molecule has 0 atom stereocenters. The molecule has 0 aliphatic heterocycles. The predicted octanol–water partition coefficient (Wildman–Crippen LogP) is 3.06. The molecule has 4 nitrogen and oxygen atoms in total. The Bertz CT molecular complexity index is 364. The zero-order chi connectivity index (χ0) is 11.5. The van der Waals surface area contributed by atoms with E-state index in [0.29, 0.717) is 5.92 Å². The number of aromatic carboxylic acids is 1. The normalized spacial score (nSPS) is 25.6. The zero-order valence-corrected chi connectivity index (χ0v) is 9.48. The molecular formula is C12H17NO3. The van der Waals surface area contributed by atoms with Crippen LogP contribution in [0, 0.1) is 5.92 Å². The lowest BCUT2D eigenvalue weighted by Crippen LogP contribution is -2.12. The van der Waals surface area contributed by atoms with Crippen LogP contribution in [0.5, 0.6) is 0 Å². The van der Waals surface area contributed by atoms with E-state index in [9.17, 15) is 4.79 Å².